The van der Waals surface area contributed by atoms with Crippen LogP contribution >= 0.6 is 0 Å². The second-order valence-electron chi connectivity index (χ2n) is 9.47. The fourth-order valence-corrected chi connectivity index (χ4v) is 2.68. The molecule has 0 saturated carbocycles. The topological polar surface area (TPSA) is 9.23 Å². The summed E-state index contributed by atoms with van der Waals surface area (Å²) in [4.78, 5) is 0. The van der Waals surface area contributed by atoms with E-state index in [4.69, 9.17) is 4.74 Å². The first-order valence-corrected chi connectivity index (χ1v) is 8.07. The molecule has 1 nitrogen and oxygen atoms in total. The van der Waals surface area contributed by atoms with Crippen molar-refractivity contribution in [3.05, 3.63) is 29.8 Å². The Morgan fingerprint density at radius 3 is 1.90 bits per heavy atom. The zero-order valence-corrected chi connectivity index (χ0v) is 15.5. The van der Waals surface area contributed by atoms with Gasteiger partial charge in [-0.15, -0.1) is 0 Å². The summed E-state index contributed by atoms with van der Waals surface area (Å²) >= 11 is 0. The summed E-state index contributed by atoms with van der Waals surface area (Å²) in [6, 6.07) is 8.66. The molecule has 21 heavy (non-hydrogen) atoms. The highest BCUT2D eigenvalue weighted by molar-refractivity contribution is 5.32. The van der Waals surface area contributed by atoms with E-state index < -0.39 is 0 Å². The third-order valence-electron chi connectivity index (χ3n) is 3.55. The molecule has 0 fully saturated rings. The average molecular weight is 290 g/mol. The number of ether oxygens (including phenoxy) is 1. The summed E-state index contributed by atoms with van der Waals surface area (Å²) in [5.41, 5.74) is 1.80. The molecular weight excluding hydrogens is 256 g/mol. The molecule has 0 heterocycles. The number of benzene rings is 1. The van der Waals surface area contributed by atoms with Gasteiger partial charge in [-0.05, 0) is 61.6 Å². The van der Waals surface area contributed by atoms with E-state index in [1.807, 2.05) is 0 Å². The first kappa shape index (κ1) is 18.1. The minimum Gasteiger partial charge on any atom is -0.488 e. The number of hydrogen-bond donors (Lipinski definition) is 0. The van der Waals surface area contributed by atoms with Gasteiger partial charge in [0.1, 0.15) is 11.4 Å². The van der Waals surface area contributed by atoms with E-state index in [2.05, 4.69) is 86.6 Å². The maximum absolute atomic E-state index is 6.04. The fourth-order valence-electron chi connectivity index (χ4n) is 2.68. The fraction of sp³-hybridized carbons (Fsp3) is 0.700. The van der Waals surface area contributed by atoms with Crippen LogP contribution in [0, 0.1) is 10.8 Å². The molecule has 0 aliphatic heterocycles. The van der Waals surface area contributed by atoms with E-state index in [0.29, 0.717) is 11.3 Å². The summed E-state index contributed by atoms with van der Waals surface area (Å²) < 4.78 is 6.04. The van der Waals surface area contributed by atoms with Gasteiger partial charge in [0.25, 0.3) is 0 Å². The molecule has 0 bridgehead atoms. The lowest BCUT2D eigenvalue weighted by Gasteiger charge is -2.36. The van der Waals surface area contributed by atoms with Crippen LogP contribution in [0.4, 0.5) is 0 Å². The highest BCUT2D eigenvalue weighted by atomic mass is 16.5. The molecule has 1 heteroatoms. The van der Waals surface area contributed by atoms with Gasteiger partial charge in [0.15, 0.2) is 0 Å². The smallest absolute Gasteiger partial charge is 0.120 e. The SMILES string of the molecule is CC(C)(C)CC(c1cccc(OC(C)(C)C)c1)C(C)(C)C. The normalized spacial score (nSPS) is 14.9. The second kappa shape index (κ2) is 6.02. The van der Waals surface area contributed by atoms with Crippen LogP contribution in [0.1, 0.15) is 80.2 Å². The summed E-state index contributed by atoms with van der Waals surface area (Å²) in [6.07, 6.45) is 1.18. The minimum absolute atomic E-state index is 0.153. The van der Waals surface area contributed by atoms with Crippen molar-refractivity contribution in [2.75, 3.05) is 0 Å². The Morgan fingerprint density at radius 2 is 1.48 bits per heavy atom. The zero-order chi connectivity index (χ0) is 16.5. The first-order chi connectivity index (χ1) is 9.28. The predicted octanol–water partition coefficient (Wildman–Crippen LogP) is 6.43. The molecule has 120 valence electrons. The minimum atomic E-state index is -0.153. The van der Waals surface area contributed by atoms with Gasteiger partial charge in [-0.2, -0.15) is 0 Å². The predicted molar refractivity (Wildman–Crippen MR) is 93.1 cm³/mol. The van der Waals surface area contributed by atoms with E-state index in [-0.39, 0.29) is 11.0 Å². The molecule has 0 aliphatic rings. The molecule has 1 unspecified atom stereocenters. The Kier molecular flexibility index (Phi) is 5.18. The van der Waals surface area contributed by atoms with Gasteiger partial charge in [-0.1, -0.05) is 53.7 Å². The van der Waals surface area contributed by atoms with Gasteiger partial charge >= 0.3 is 0 Å². The summed E-state index contributed by atoms with van der Waals surface area (Å²) in [7, 11) is 0. The van der Waals surface area contributed by atoms with Crippen molar-refractivity contribution < 1.29 is 4.74 Å². The van der Waals surface area contributed by atoms with Crippen LogP contribution in [0.2, 0.25) is 0 Å². The molecule has 0 amide bonds. The van der Waals surface area contributed by atoms with Crippen LogP contribution in [-0.2, 0) is 0 Å². The Balaban J connectivity index is 3.11. The maximum atomic E-state index is 6.04. The van der Waals surface area contributed by atoms with Crippen molar-refractivity contribution in [3.8, 4) is 5.75 Å². The highest BCUT2D eigenvalue weighted by Gasteiger charge is 2.30. The van der Waals surface area contributed by atoms with Crippen molar-refractivity contribution in [1.82, 2.24) is 0 Å². The summed E-state index contributed by atoms with van der Waals surface area (Å²) in [5, 5.41) is 0. The van der Waals surface area contributed by atoms with Crippen LogP contribution in [0.25, 0.3) is 0 Å². The van der Waals surface area contributed by atoms with Crippen LogP contribution in [-0.4, -0.2) is 5.60 Å². The van der Waals surface area contributed by atoms with Crippen LogP contribution in [0.5, 0.6) is 5.75 Å². The zero-order valence-electron chi connectivity index (χ0n) is 15.5. The van der Waals surface area contributed by atoms with Gasteiger partial charge < -0.3 is 4.74 Å². The van der Waals surface area contributed by atoms with E-state index in [1.165, 1.54) is 12.0 Å². The third kappa shape index (κ3) is 6.54. The number of rotatable bonds is 3. The van der Waals surface area contributed by atoms with E-state index in [1.54, 1.807) is 0 Å². The van der Waals surface area contributed by atoms with Crippen molar-refractivity contribution >= 4 is 0 Å². The van der Waals surface area contributed by atoms with Crippen molar-refractivity contribution in [3.63, 3.8) is 0 Å². The molecular formula is C20H34O. The monoisotopic (exact) mass is 290 g/mol. The van der Waals surface area contributed by atoms with Crippen LogP contribution in [0.3, 0.4) is 0 Å². The van der Waals surface area contributed by atoms with Gasteiger partial charge in [0.2, 0.25) is 0 Å². The second-order valence-corrected chi connectivity index (χ2v) is 9.47. The Morgan fingerprint density at radius 1 is 0.905 bits per heavy atom. The summed E-state index contributed by atoms with van der Waals surface area (Å²) in [5.74, 6) is 1.50. The maximum Gasteiger partial charge on any atom is 0.120 e. The highest BCUT2D eigenvalue weighted by Crippen LogP contribution is 2.43. The molecule has 1 aromatic carbocycles. The van der Waals surface area contributed by atoms with Gasteiger partial charge in [-0.25, -0.2) is 0 Å². The molecule has 0 aliphatic carbocycles. The summed E-state index contributed by atoms with van der Waals surface area (Å²) in [6.45, 7) is 20.2. The van der Waals surface area contributed by atoms with Crippen molar-refractivity contribution in [1.29, 1.82) is 0 Å². The molecule has 0 spiro atoms. The number of hydrogen-bond acceptors (Lipinski definition) is 1. The van der Waals surface area contributed by atoms with Crippen molar-refractivity contribution in [2.45, 2.75) is 80.3 Å². The molecule has 0 N–H and O–H groups in total. The Labute approximate surface area is 132 Å². The molecule has 1 rings (SSSR count). The largest absolute Gasteiger partial charge is 0.488 e. The first-order valence-electron chi connectivity index (χ1n) is 8.07. The Bertz CT molecular complexity index is 452. The lowest BCUT2D eigenvalue weighted by molar-refractivity contribution is 0.130. The lowest BCUT2D eigenvalue weighted by Crippen LogP contribution is -2.25. The molecule has 0 aromatic heterocycles. The molecule has 1 atom stereocenters. The van der Waals surface area contributed by atoms with Gasteiger partial charge in [0, 0.05) is 0 Å². The standard InChI is InChI=1S/C20H34O/c1-18(2,3)14-17(19(4,5)6)15-11-10-12-16(13-15)21-20(7,8)9/h10-13,17H,14H2,1-9H3. The molecule has 0 radical (unpaired) electrons. The molecule has 0 saturated heterocycles. The van der Waals surface area contributed by atoms with E-state index in [0.717, 1.165) is 5.75 Å². The Hall–Kier alpha value is -0.980. The van der Waals surface area contributed by atoms with Crippen LogP contribution < -0.4 is 4.74 Å². The molecule has 1 aromatic rings. The van der Waals surface area contributed by atoms with Gasteiger partial charge in [-0.3, -0.25) is 0 Å². The third-order valence-corrected chi connectivity index (χ3v) is 3.55. The van der Waals surface area contributed by atoms with E-state index in [9.17, 15) is 0 Å². The van der Waals surface area contributed by atoms with Gasteiger partial charge in [0.05, 0.1) is 0 Å². The van der Waals surface area contributed by atoms with E-state index >= 15 is 0 Å². The lowest BCUT2D eigenvalue weighted by atomic mass is 9.69. The van der Waals surface area contributed by atoms with Crippen molar-refractivity contribution in [2.24, 2.45) is 10.8 Å². The quantitative estimate of drug-likeness (QED) is 0.623. The van der Waals surface area contributed by atoms with Crippen LogP contribution in [0.15, 0.2) is 24.3 Å². The average Bonchev–Trinajstić information content (AvgIpc) is 2.21.